The first kappa shape index (κ1) is 29.8. The molecule has 0 saturated carbocycles. The van der Waals surface area contributed by atoms with Crippen LogP contribution in [-0.4, -0.2) is 89.3 Å². The summed E-state index contributed by atoms with van der Waals surface area (Å²) in [4.78, 5) is 29.8. The van der Waals surface area contributed by atoms with E-state index in [9.17, 15) is 38.8 Å². The van der Waals surface area contributed by atoms with E-state index in [4.69, 9.17) is 5.73 Å². The highest BCUT2D eigenvalue weighted by Crippen LogP contribution is 2.55. The molecular formula is C28H38F2N4O6. The third-order valence-corrected chi connectivity index (χ3v) is 8.44. The van der Waals surface area contributed by atoms with Crippen molar-refractivity contribution in [1.82, 2.24) is 10.2 Å². The summed E-state index contributed by atoms with van der Waals surface area (Å²) in [6, 6.07) is 0.893. The van der Waals surface area contributed by atoms with Crippen molar-refractivity contribution in [2.45, 2.75) is 50.8 Å². The fourth-order valence-corrected chi connectivity index (χ4v) is 6.95. The normalized spacial score (nSPS) is 28.4. The molecule has 40 heavy (non-hydrogen) atoms. The number of carbonyl (C=O) groups is 2. The Morgan fingerprint density at radius 2 is 1.82 bits per heavy atom. The largest absolute Gasteiger partial charge is 0.511 e. The minimum absolute atomic E-state index is 0.0157. The van der Waals surface area contributed by atoms with E-state index in [1.165, 1.54) is 6.92 Å². The molecule has 5 atom stereocenters. The van der Waals surface area contributed by atoms with Gasteiger partial charge in [0.15, 0.2) is 5.78 Å². The van der Waals surface area contributed by atoms with E-state index in [1.54, 1.807) is 44.1 Å². The predicted molar refractivity (Wildman–Crippen MR) is 144 cm³/mol. The van der Waals surface area contributed by atoms with Gasteiger partial charge in [-0.1, -0.05) is 0 Å². The fraction of sp³-hybridized carbons (Fsp3) is 0.571. The van der Waals surface area contributed by atoms with Crippen molar-refractivity contribution in [2.24, 2.45) is 23.5 Å². The van der Waals surface area contributed by atoms with E-state index < -0.39 is 64.9 Å². The molecule has 3 aliphatic rings. The summed E-state index contributed by atoms with van der Waals surface area (Å²) in [7, 11) is 6.92. The standard InChI is InChI=1S/C28H38F2N4O6/c1-27(29,30)11-32-10-13-9-16(33(3)4)14-7-12-8-15-19(24(37)17(12)23(36)18(14)22(13)35)28(2,40)20(26(31)39)25(38)21(15)34(5)6/h9,12,15,19,21,32,35,37-38,40H,7-8,10-11H2,1-6H3,(H2,31,39)/t12?,15?,19?,21-,28?/m0/s1. The van der Waals surface area contributed by atoms with Gasteiger partial charge in [0.25, 0.3) is 11.8 Å². The van der Waals surface area contributed by atoms with Gasteiger partial charge in [-0.05, 0) is 57.3 Å². The van der Waals surface area contributed by atoms with E-state index in [0.717, 1.165) is 6.92 Å². The van der Waals surface area contributed by atoms with Crippen LogP contribution >= 0.6 is 0 Å². The van der Waals surface area contributed by atoms with Gasteiger partial charge in [-0.3, -0.25) is 14.5 Å². The molecule has 0 aromatic heterocycles. The molecule has 0 bridgehead atoms. The predicted octanol–water partition coefficient (Wildman–Crippen LogP) is 2.00. The zero-order valence-electron chi connectivity index (χ0n) is 23.5. The first-order valence-electron chi connectivity index (χ1n) is 13.1. The summed E-state index contributed by atoms with van der Waals surface area (Å²) in [6.45, 7) is 1.30. The number of nitrogens with two attached hydrogens (primary N) is 1. The molecule has 0 aliphatic heterocycles. The van der Waals surface area contributed by atoms with Crippen LogP contribution in [0.25, 0.3) is 0 Å². The maximum absolute atomic E-state index is 14.0. The van der Waals surface area contributed by atoms with Crippen LogP contribution in [0.3, 0.4) is 0 Å². The summed E-state index contributed by atoms with van der Waals surface area (Å²) in [6.07, 6.45) is 0.549. The van der Waals surface area contributed by atoms with Crippen LogP contribution in [0.4, 0.5) is 14.5 Å². The number of benzene rings is 1. The van der Waals surface area contributed by atoms with Gasteiger partial charge in [0.05, 0.1) is 29.6 Å². The van der Waals surface area contributed by atoms with Crippen LogP contribution in [-0.2, 0) is 17.8 Å². The first-order valence-corrected chi connectivity index (χ1v) is 13.1. The lowest BCUT2D eigenvalue weighted by Crippen LogP contribution is -2.59. The molecule has 0 fully saturated rings. The van der Waals surface area contributed by atoms with E-state index in [2.05, 4.69) is 5.32 Å². The maximum Gasteiger partial charge on any atom is 0.257 e. The molecule has 3 aliphatic carbocycles. The van der Waals surface area contributed by atoms with Gasteiger partial charge < -0.3 is 36.4 Å². The highest BCUT2D eigenvalue weighted by atomic mass is 19.3. The number of allylic oxidation sites excluding steroid dienone is 1. The quantitative estimate of drug-likeness (QED) is 0.291. The van der Waals surface area contributed by atoms with Crippen LogP contribution in [0.15, 0.2) is 28.7 Å². The maximum atomic E-state index is 14.0. The zero-order valence-corrected chi connectivity index (χ0v) is 23.5. The lowest BCUT2D eigenvalue weighted by molar-refractivity contribution is -0.120. The number of nitrogens with one attached hydrogen (secondary N) is 1. The Labute approximate surface area is 231 Å². The Morgan fingerprint density at radius 3 is 2.35 bits per heavy atom. The summed E-state index contributed by atoms with van der Waals surface area (Å²) in [5.41, 5.74) is 4.44. The van der Waals surface area contributed by atoms with Gasteiger partial charge in [0.1, 0.15) is 22.9 Å². The number of fused-ring (bicyclic) bond motifs is 3. The second-order valence-electron chi connectivity index (χ2n) is 11.9. The van der Waals surface area contributed by atoms with Crippen molar-refractivity contribution < 1.29 is 38.8 Å². The molecular weight excluding hydrogens is 526 g/mol. The molecule has 0 spiro atoms. The number of phenolic OH excluding ortho intramolecular Hbond substituents is 1. The van der Waals surface area contributed by atoms with E-state index >= 15 is 0 Å². The summed E-state index contributed by atoms with van der Waals surface area (Å²) < 4.78 is 26.8. The molecule has 10 nitrogen and oxygen atoms in total. The number of alkyl halides is 2. The van der Waals surface area contributed by atoms with Crippen LogP contribution in [0.5, 0.6) is 5.75 Å². The number of likely N-dealkylation sites (N-methyl/N-ethyl adjacent to an activating group) is 1. The van der Waals surface area contributed by atoms with Gasteiger partial charge in [-0.25, -0.2) is 8.78 Å². The monoisotopic (exact) mass is 564 g/mol. The van der Waals surface area contributed by atoms with Crippen molar-refractivity contribution in [3.63, 3.8) is 0 Å². The minimum Gasteiger partial charge on any atom is -0.511 e. The van der Waals surface area contributed by atoms with Crippen LogP contribution in [0.2, 0.25) is 0 Å². The van der Waals surface area contributed by atoms with E-state index in [1.807, 2.05) is 0 Å². The summed E-state index contributed by atoms with van der Waals surface area (Å²) in [5, 5.41) is 48.0. The SMILES string of the molecule is CN(C)c1cc(CNCC(C)(F)F)c(O)c2c1CC1CC3C(C(O)=C1C2=O)C(C)(O)C(C(N)=O)=C(O)[C@H]3N(C)C. The molecule has 0 heterocycles. The van der Waals surface area contributed by atoms with Gasteiger partial charge in [-0.2, -0.15) is 0 Å². The van der Waals surface area contributed by atoms with Gasteiger partial charge in [0, 0.05) is 44.4 Å². The average Bonchev–Trinajstić information content (AvgIpc) is 2.77. The number of anilines is 1. The lowest BCUT2D eigenvalue weighted by Gasteiger charge is -2.52. The van der Waals surface area contributed by atoms with Gasteiger partial charge in [-0.15, -0.1) is 0 Å². The zero-order chi connectivity index (χ0) is 30.1. The third kappa shape index (κ3) is 4.71. The Balaban J connectivity index is 1.88. The molecule has 4 unspecified atom stereocenters. The van der Waals surface area contributed by atoms with E-state index in [-0.39, 0.29) is 47.6 Å². The number of carbonyl (C=O) groups excluding carboxylic acids is 2. The molecule has 7 N–H and O–H groups in total. The topological polar surface area (TPSA) is 160 Å². The van der Waals surface area contributed by atoms with Crippen LogP contribution in [0, 0.1) is 17.8 Å². The number of ketones is 1. The van der Waals surface area contributed by atoms with Crippen LogP contribution < -0.4 is 16.0 Å². The van der Waals surface area contributed by atoms with Crippen molar-refractivity contribution in [3.8, 4) is 5.75 Å². The number of amides is 1. The number of aromatic hydroxyl groups is 1. The Kier molecular flexibility index (Phi) is 7.44. The highest BCUT2D eigenvalue weighted by Gasteiger charge is 2.59. The molecule has 220 valence electrons. The fourth-order valence-electron chi connectivity index (χ4n) is 6.95. The first-order chi connectivity index (χ1) is 18.4. The lowest BCUT2D eigenvalue weighted by atomic mass is 9.57. The summed E-state index contributed by atoms with van der Waals surface area (Å²) >= 11 is 0. The second-order valence-corrected chi connectivity index (χ2v) is 11.9. The van der Waals surface area contributed by atoms with Crippen molar-refractivity contribution in [3.05, 3.63) is 45.4 Å². The van der Waals surface area contributed by atoms with E-state index in [0.29, 0.717) is 11.3 Å². The minimum atomic E-state index is -2.97. The number of hydrogen-bond donors (Lipinski definition) is 6. The third-order valence-electron chi connectivity index (χ3n) is 8.44. The number of aliphatic hydroxyl groups is 3. The number of phenols is 1. The average molecular weight is 565 g/mol. The molecule has 0 radical (unpaired) electrons. The highest BCUT2D eigenvalue weighted by molar-refractivity contribution is 6.14. The number of nitrogens with zero attached hydrogens (tertiary/aromatic N) is 2. The number of hydrogen-bond acceptors (Lipinski definition) is 9. The number of aliphatic hydroxyl groups excluding tert-OH is 2. The summed E-state index contributed by atoms with van der Waals surface area (Å²) in [5.74, 6) is -8.03. The molecule has 12 heteroatoms. The Hall–Kier alpha value is -3.22. The van der Waals surface area contributed by atoms with Crippen molar-refractivity contribution >= 4 is 17.4 Å². The number of Topliss-reactive ketones (excluding diaryl/α,β-unsaturated/α-hetero) is 1. The number of halogens is 2. The van der Waals surface area contributed by atoms with Crippen molar-refractivity contribution in [2.75, 3.05) is 39.6 Å². The smallest absolute Gasteiger partial charge is 0.257 e. The van der Waals surface area contributed by atoms with Gasteiger partial charge in [0.2, 0.25) is 0 Å². The Bertz CT molecular complexity index is 1310. The van der Waals surface area contributed by atoms with Crippen molar-refractivity contribution in [1.29, 1.82) is 0 Å². The second kappa shape index (κ2) is 10.0. The molecule has 1 amide bonds. The molecule has 1 aromatic rings. The Morgan fingerprint density at radius 1 is 1.20 bits per heavy atom. The number of primary amides is 1. The molecule has 1 aromatic carbocycles. The molecule has 4 rings (SSSR count). The number of rotatable bonds is 7. The van der Waals surface area contributed by atoms with Crippen LogP contribution in [0.1, 0.15) is 41.8 Å². The molecule has 0 saturated heterocycles. The van der Waals surface area contributed by atoms with Gasteiger partial charge >= 0.3 is 0 Å².